The van der Waals surface area contributed by atoms with Crippen LogP contribution < -0.4 is 15.5 Å². The van der Waals surface area contributed by atoms with Gasteiger partial charge in [-0.15, -0.1) is 0 Å². The number of benzene rings is 1. The van der Waals surface area contributed by atoms with Crippen LogP contribution >= 0.6 is 11.6 Å². The highest BCUT2D eigenvalue weighted by molar-refractivity contribution is 6.31. The van der Waals surface area contributed by atoms with Gasteiger partial charge in [-0.2, -0.15) is 0 Å². The molecule has 11 heteroatoms. The number of rotatable bonds is 6. The molecule has 1 aliphatic heterocycles. The molecule has 2 heterocycles. The molecule has 1 saturated heterocycles. The topological polar surface area (TPSA) is 91.4 Å². The molecule has 2 atom stereocenters. The number of hydrogen-bond acceptors (Lipinski definition) is 4. The van der Waals surface area contributed by atoms with Gasteiger partial charge in [-0.05, 0) is 12.5 Å². The molecular formula is C22H20ClF3N4O3. The lowest BCUT2D eigenvalue weighted by Crippen LogP contribution is -2.55. The van der Waals surface area contributed by atoms with E-state index in [2.05, 4.69) is 15.6 Å². The molecule has 0 unspecified atom stereocenters. The first kappa shape index (κ1) is 23.0. The molecule has 2 fully saturated rings. The summed E-state index contributed by atoms with van der Waals surface area (Å²) in [5.74, 6) is -5.38. The van der Waals surface area contributed by atoms with Crippen molar-refractivity contribution in [1.29, 1.82) is 0 Å². The van der Waals surface area contributed by atoms with Crippen LogP contribution in [0.15, 0.2) is 42.7 Å². The fraction of sp³-hybridized carbons (Fsp3) is 0.364. The maximum Gasteiger partial charge on any atom is 0.252 e. The molecule has 0 radical (unpaired) electrons. The summed E-state index contributed by atoms with van der Waals surface area (Å²) in [5, 5.41) is 5.24. The molecule has 1 saturated carbocycles. The van der Waals surface area contributed by atoms with Crippen LogP contribution in [0.5, 0.6) is 0 Å². The molecule has 2 N–H and O–H groups in total. The Morgan fingerprint density at radius 2 is 1.97 bits per heavy atom. The van der Waals surface area contributed by atoms with Gasteiger partial charge in [-0.3, -0.25) is 24.3 Å². The van der Waals surface area contributed by atoms with E-state index in [0.29, 0.717) is 0 Å². The van der Waals surface area contributed by atoms with Crippen molar-refractivity contribution < 1.29 is 27.6 Å². The van der Waals surface area contributed by atoms with E-state index in [4.69, 9.17) is 11.6 Å². The quantitative estimate of drug-likeness (QED) is 0.664. The van der Waals surface area contributed by atoms with E-state index in [9.17, 15) is 27.6 Å². The van der Waals surface area contributed by atoms with Crippen LogP contribution in [0, 0.1) is 5.82 Å². The van der Waals surface area contributed by atoms with Gasteiger partial charge < -0.3 is 10.6 Å². The summed E-state index contributed by atoms with van der Waals surface area (Å²) in [5.41, 5.74) is 0.171. The van der Waals surface area contributed by atoms with Crippen molar-refractivity contribution in [3.05, 3.63) is 59.1 Å². The lowest BCUT2D eigenvalue weighted by molar-refractivity contribution is -0.133. The van der Waals surface area contributed by atoms with Crippen LogP contribution in [0.1, 0.15) is 37.3 Å². The van der Waals surface area contributed by atoms with Crippen molar-refractivity contribution in [1.82, 2.24) is 15.6 Å². The predicted octanol–water partition coefficient (Wildman–Crippen LogP) is 3.14. The van der Waals surface area contributed by atoms with Crippen LogP contribution in [-0.4, -0.2) is 40.7 Å². The zero-order valence-electron chi connectivity index (χ0n) is 17.2. The molecule has 0 spiro atoms. The number of nitrogens with one attached hydrogen (secondary N) is 2. The summed E-state index contributed by atoms with van der Waals surface area (Å²) in [6, 6.07) is 4.12. The molecule has 33 heavy (non-hydrogen) atoms. The second kappa shape index (κ2) is 9.01. The standard InChI is InChI=1S/C22H20ClF3N4O3/c23-16-4-2-1-3-15(16)19(20(32)28-13-8-22(25,26)9-13)30(14-7-12(24)10-27-11-14)21(33)17-5-6-18(31)29-17/h1-4,7,10-11,13,17,19H,5-6,8-9H2,(H,28,32)(H,29,31)/t17-,19+/m0/s1. The zero-order chi connectivity index (χ0) is 23.8. The fourth-order valence-corrected chi connectivity index (χ4v) is 4.28. The van der Waals surface area contributed by atoms with Crippen LogP contribution in [0.3, 0.4) is 0 Å². The highest BCUT2D eigenvalue weighted by Crippen LogP contribution is 2.39. The SMILES string of the molecule is O=C1CC[C@@H](C(=O)N(c2cncc(F)c2)[C@@H](C(=O)NC2CC(F)(F)C2)c2ccccc2Cl)N1. The molecule has 0 bridgehead atoms. The maximum atomic E-state index is 14.1. The molecule has 7 nitrogen and oxygen atoms in total. The van der Waals surface area contributed by atoms with E-state index in [1.807, 2.05) is 0 Å². The number of halogens is 4. The van der Waals surface area contributed by atoms with Crippen molar-refractivity contribution in [2.24, 2.45) is 0 Å². The summed E-state index contributed by atoms with van der Waals surface area (Å²) in [6.45, 7) is 0. The normalized spacial score (nSPS) is 20.5. The van der Waals surface area contributed by atoms with Gasteiger partial charge >= 0.3 is 0 Å². The number of nitrogens with zero attached hydrogens (tertiary/aromatic N) is 2. The average Bonchev–Trinajstić information content (AvgIpc) is 3.17. The minimum absolute atomic E-state index is 0.0415. The first-order valence-electron chi connectivity index (χ1n) is 10.3. The Bertz CT molecular complexity index is 1090. The van der Waals surface area contributed by atoms with Gasteiger partial charge in [-0.1, -0.05) is 29.8 Å². The Morgan fingerprint density at radius 3 is 2.58 bits per heavy atom. The van der Waals surface area contributed by atoms with E-state index >= 15 is 0 Å². The van der Waals surface area contributed by atoms with Crippen molar-refractivity contribution in [3.8, 4) is 0 Å². The third-order valence-corrected chi connectivity index (χ3v) is 5.99. The number of aromatic nitrogens is 1. The van der Waals surface area contributed by atoms with Gasteiger partial charge in [0, 0.05) is 42.0 Å². The summed E-state index contributed by atoms with van der Waals surface area (Å²) < 4.78 is 40.7. The predicted molar refractivity (Wildman–Crippen MR) is 113 cm³/mol. The Hall–Kier alpha value is -3.14. The monoisotopic (exact) mass is 480 g/mol. The smallest absolute Gasteiger partial charge is 0.252 e. The molecule has 2 aromatic rings. The van der Waals surface area contributed by atoms with E-state index in [1.165, 1.54) is 18.3 Å². The van der Waals surface area contributed by atoms with Crippen LogP contribution in [-0.2, 0) is 14.4 Å². The minimum Gasteiger partial charge on any atom is -0.351 e. The van der Waals surface area contributed by atoms with Crippen molar-refractivity contribution in [2.45, 2.75) is 49.7 Å². The number of carbonyl (C=O) groups excluding carboxylic acids is 3. The third-order valence-electron chi connectivity index (χ3n) is 5.64. The first-order valence-corrected chi connectivity index (χ1v) is 10.7. The van der Waals surface area contributed by atoms with Crippen molar-refractivity contribution >= 4 is 35.0 Å². The second-order valence-corrected chi connectivity index (χ2v) is 8.53. The Balaban J connectivity index is 1.77. The summed E-state index contributed by atoms with van der Waals surface area (Å²) >= 11 is 6.35. The molecule has 1 aromatic heterocycles. The van der Waals surface area contributed by atoms with Gasteiger partial charge in [0.05, 0.1) is 18.1 Å². The lowest BCUT2D eigenvalue weighted by Gasteiger charge is -2.38. The molecule has 3 amide bonds. The maximum absolute atomic E-state index is 14.1. The third kappa shape index (κ3) is 4.95. The van der Waals surface area contributed by atoms with Gasteiger partial charge in [-0.25, -0.2) is 13.2 Å². The largest absolute Gasteiger partial charge is 0.351 e. The van der Waals surface area contributed by atoms with Crippen LogP contribution in [0.2, 0.25) is 5.02 Å². The summed E-state index contributed by atoms with van der Waals surface area (Å²) in [4.78, 5) is 43.4. The highest BCUT2D eigenvalue weighted by atomic mass is 35.5. The zero-order valence-corrected chi connectivity index (χ0v) is 18.0. The Morgan fingerprint density at radius 1 is 1.24 bits per heavy atom. The Kier molecular flexibility index (Phi) is 6.29. The van der Waals surface area contributed by atoms with Gasteiger partial charge in [0.1, 0.15) is 17.9 Å². The molecule has 174 valence electrons. The van der Waals surface area contributed by atoms with E-state index in [-0.39, 0.29) is 35.0 Å². The number of alkyl halides is 2. The van der Waals surface area contributed by atoms with Gasteiger partial charge in [0.2, 0.25) is 11.8 Å². The molecular weight excluding hydrogens is 461 g/mol. The fourth-order valence-electron chi connectivity index (χ4n) is 4.04. The molecule has 1 aromatic carbocycles. The van der Waals surface area contributed by atoms with E-state index in [0.717, 1.165) is 17.2 Å². The van der Waals surface area contributed by atoms with Crippen molar-refractivity contribution in [3.63, 3.8) is 0 Å². The van der Waals surface area contributed by atoms with Gasteiger partial charge in [0.25, 0.3) is 11.8 Å². The molecule has 1 aliphatic carbocycles. The number of amides is 3. The molecule has 4 rings (SSSR count). The van der Waals surface area contributed by atoms with Crippen LogP contribution in [0.25, 0.3) is 0 Å². The summed E-state index contributed by atoms with van der Waals surface area (Å²) in [6.07, 6.45) is 1.38. The number of pyridine rings is 1. The van der Waals surface area contributed by atoms with Crippen molar-refractivity contribution in [2.75, 3.05) is 4.90 Å². The second-order valence-electron chi connectivity index (χ2n) is 8.12. The minimum atomic E-state index is -2.87. The Labute approximate surface area is 192 Å². The first-order chi connectivity index (χ1) is 15.6. The number of anilines is 1. The van der Waals surface area contributed by atoms with Crippen LogP contribution in [0.4, 0.5) is 18.9 Å². The highest BCUT2D eigenvalue weighted by Gasteiger charge is 2.47. The molecule has 2 aliphatic rings. The lowest BCUT2D eigenvalue weighted by atomic mass is 9.87. The number of hydrogen-bond donors (Lipinski definition) is 2. The number of carbonyl (C=O) groups is 3. The average molecular weight is 481 g/mol. The van der Waals surface area contributed by atoms with E-state index in [1.54, 1.807) is 12.1 Å². The van der Waals surface area contributed by atoms with Gasteiger partial charge in [0.15, 0.2) is 0 Å². The van der Waals surface area contributed by atoms with E-state index < -0.39 is 54.5 Å². The summed E-state index contributed by atoms with van der Waals surface area (Å²) in [7, 11) is 0.